The third-order valence-corrected chi connectivity index (χ3v) is 10.7. The topological polar surface area (TPSA) is 80.4 Å². The lowest BCUT2D eigenvalue weighted by molar-refractivity contribution is -0.183. The number of aliphatic hydroxyl groups is 1. The van der Waals surface area contributed by atoms with Crippen molar-refractivity contribution >= 4 is 16.6 Å². The van der Waals surface area contributed by atoms with Gasteiger partial charge >= 0.3 is 0 Å². The van der Waals surface area contributed by atoms with Crippen LogP contribution in [0.3, 0.4) is 0 Å². The smallest absolute Gasteiger partial charge is 0.140 e. The largest absolute Gasteiger partial charge is 0.389 e. The van der Waals surface area contributed by atoms with Gasteiger partial charge in [0, 0.05) is 39.6 Å². The van der Waals surface area contributed by atoms with E-state index in [1.54, 1.807) is 0 Å². The first kappa shape index (κ1) is 20.7. The first-order chi connectivity index (χ1) is 13.3. The molecule has 0 heterocycles. The molecule has 0 amide bonds. The Morgan fingerprint density at radius 3 is 2.71 bits per heavy atom. The summed E-state index contributed by atoms with van der Waals surface area (Å²) in [5, 5.41) is 11.6. The molecule has 4 aliphatic carbocycles. The van der Waals surface area contributed by atoms with Gasteiger partial charge in [0.05, 0.1) is 5.60 Å². The Kier molecular flexibility index (Phi) is 5.42. The van der Waals surface area contributed by atoms with Crippen molar-refractivity contribution in [2.75, 3.05) is 18.1 Å². The van der Waals surface area contributed by atoms with Crippen molar-refractivity contribution in [3.63, 3.8) is 0 Å². The molecule has 4 saturated carbocycles. The van der Waals surface area contributed by atoms with Gasteiger partial charge in [-0.05, 0) is 69.2 Å². The third kappa shape index (κ3) is 2.91. The SMILES string of the molecule is C=C1C[C@@]2(O)CCCC[C@]2(C)[C@H]2CC[C@]3(CS(=O)CCCN)C(=O)CC[C@H]3[C@H]12. The van der Waals surface area contributed by atoms with Crippen molar-refractivity contribution in [3.8, 4) is 0 Å². The van der Waals surface area contributed by atoms with Gasteiger partial charge in [0.25, 0.3) is 0 Å². The second kappa shape index (κ2) is 7.31. The van der Waals surface area contributed by atoms with E-state index in [-0.39, 0.29) is 11.3 Å². The highest BCUT2D eigenvalue weighted by Crippen LogP contribution is 2.67. The lowest BCUT2D eigenvalue weighted by Crippen LogP contribution is -2.62. The van der Waals surface area contributed by atoms with Crippen molar-refractivity contribution < 1.29 is 14.1 Å². The molecule has 28 heavy (non-hydrogen) atoms. The standard InChI is InChI=1S/C23H37NO3S/c1-16-14-23(26)10-4-3-9-21(23,2)17-8-11-22(15-28(27)13-5-12-24)18(20(16)17)6-7-19(22)25/h17-18,20,26H,1,3-15,24H2,2H3/t17-,18-,20+,21+,22+,23-,28?/m0/s1. The van der Waals surface area contributed by atoms with Crippen molar-refractivity contribution in [2.45, 2.75) is 76.7 Å². The number of Topliss-reactive ketones (excluding diaryl/α,β-unsaturated/α-hetero) is 1. The zero-order valence-corrected chi connectivity index (χ0v) is 18.2. The number of nitrogens with two attached hydrogens (primary N) is 1. The maximum absolute atomic E-state index is 13.1. The highest BCUT2D eigenvalue weighted by Gasteiger charge is 2.65. The van der Waals surface area contributed by atoms with Crippen molar-refractivity contribution in [1.82, 2.24) is 0 Å². The van der Waals surface area contributed by atoms with Crippen LogP contribution in [-0.4, -0.2) is 38.8 Å². The molecule has 1 unspecified atom stereocenters. The van der Waals surface area contributed by atoms with Gasteiger partial charge in [0.2, 0.25) is 0 Å². The summed E-state index contributed by atoms with van der Waals surface area (Å²) < 4.78 is 12.8. The summed E-state index contributed by atoms with van der Waals surface area (Å²) in [6, 6.07) is 0. The van der Waals surface area contributed by atoms with Crippen LogP contribution in [0.15, 0.2) is 12.2 Å². The fraction of sp³-hybridized carbons (Fsp3) is 0.870. The van der Waals surface area contributed by atoms with E-state index in [0.717, 1.165) is 50.5 Å². The zero-order valence-electron chi connectivity index (χ0n) is 17.4. The predicted molar refractivity (Wildman–Crippen MR) is 113 cm³/mol. The highest BCUT2D eigenvalue weighted by atomic mass is 32.2. The zero-order chi connectivity index (χ0) is 20.2. The quantitative estimate of drug-likeness (QED) is 0.685. The molecular weight excluding hydrogens is 370 g/mol. The summed E-state index contributed by atoms with van der Waals surface area (Å²) in [4.78, 5) is 13.1. The molecule has 0 aromatic carbocycles. The molecule has 0 aromatic rings. The number of hydrogen-bond acceptors (Lipinski definition) is 4. The van der Waals surface area contributed by atoms with Crippen LogP contribution in [0.25, 0.3) is 0 Å². The Hall–Kier alpha value is -0.520. The summed E-state index contributed by atoms with van der Waals surface area (Å²) in [6.45, 7) is 7.30. The molecule has 0 aliphatic heterocycles. The Bertz CT molecular complexity index is 693. The molecule has 0 saturated heterocycles. The van der Waals surface area contributed by atoms with Crippen molar-refractivity contribution in [2.24, 2.45) is 34.3 Å². The molecular formula is C23H37NO3S. The van der Waals surface area contributed by atoms with Crippen LogP contribution in [0.1, 0.15) is 71.1 Å². The lowest BCUT2D eigenvalue weighted by atomic mass is 9.43. The summed E-state index contributed by atoms with van der Waals surface area (Å²) in [7, 11) is -0.988. The minimum atomic E-state index is -0.988. The Morgan fingerprint density at radius 1 is 1.21 bits per heavy atom. The van der Waals surface area contributed by atoms with Gasteiger partial charge in [0.1, 0.15) is 5.78 Å². The van der Waals surface area contributed by atoms with Crippen molar-refractivity contribution in [3.05, 3.63) is 12.2 Å². The second-order valence-electron chi connectivity index (χ2n) is 10.3. The molecule has 3 N–H and O–H groups in total. The van der Waals surface area contributed by atoms with E-state index in [9.17, 15) is 14.1 Å². The first-order valence-electron chi connectivity index (χ1n) is 11.3. The monoisotopic (exact) mass is 407 g/mol. The summed E-state index contributed by atoms with van der Waals surface area (Å²) in [5.41, 5.74) is 5.63. The lowest BCUT2D eigenvalue weighted by Gasteiger charge is -2.63. The van der Waals surface area contributed by atoms with Gasteiger partial charge in [-0.15, -0.1) is 0 Å². The Labute approximate surface area is 172 Å². The number of ketones is 1. The van der Waals surface area contributed by atoms with Crippen LogP contribution in [-0.2, 0) is 15.6 Å². The maximum atomic E-state index is 13.1. The van der Waals surface area contributed by atoms with Crippen LogP contribution in [0.4, 0.5) is 0 Å². The molecule has 4 nitrogen and oxygen atoms in total. The van der Waals surface area contributed by atoms with E-state index >= 15 is 0 Å². The van der Waals surface area contributed by atoms with E-state index in [2.05, 4.69) is 13.5 Å². The number of carbonyl (C=O) groups excluding carboxylic acids is 1. The maximum Gasteiger partial charge on any atom is 0.140 e. The summed E-state index contributed by atoms with van der Waals surface area (Å²) in [6.07, 6.45) is 9.00. The van der Waals surface area contributed by atoms with E-state index in [0.29, 0.717) is 48.5 Å². The van der Waals surface area contributed by atoms with E-state index in [1.165, 1.54) is 6.42 Å². The van der Waals surface area contributed by atoms with E-state index < -0.39 is 21.8 Å². The van der Waals surface area contributed by atoms with Gasteiger partial charge in [-0.2, -0.15) is 0 Å². The average molecular weight is 408 g/mol. The second-order valence-corrected chi connectivity index (χ2v) is 11.9. The molecule has 4 aliphatic rings. The van der Waals surface area contributed by atoms with Crippen molar-refractivity contribution in [1.29, 1.82) is 0 Å². The van der Waals surface area contributed by atoms with Crippen LogP contribution in [0.2, 0.25) is 0 Å². The number of fused-ring (bicyclic) bond motifs is 5. The summed E-state index contributed by atoms with van der Waals surface area (Å²) >= 11 is 0. The fourth-order valence-corrected chi connectivity index (χ4v) is 9.36. The molecule has 0 radical (unpaired) electrons. The normalized spacial score (nSPS) is 46.6. The van der Waals surface area contributed by atoms with Gasteiger partial charge in [-0.1, -0.05) is 31.9 Å². The van der Waals surface area contributed by atoms with Gasteiger partial charge in [-0.3, -0.25) is 9.00 Å². The Morgan fingerprint density at radius 2 is 1.96 bits per heavy atom. The molecule has 7 atom stereocenters. The van der Waals surface area contributed by atoms with Crippen LogP contribution in [0, 0.1) is 28.6 Å². The minimum absolute atomic E-state index is 0.0758. The predicted octanol–water partition coefficient (Wildman–Crippen LogP) is 3.35. The van der Waals surface area contributed by atoms with Crippen LogP contribution in [0.5, 0.6) is 0 Å². The molecule has 0 spiro atoms. The van der Waals surface area contributed by atoms with Gasteiger partial charge < -0.3 is 10.8 Å². The van der Waals surface area contributed by atoms with Crippen LogP contribution >= 0.6 is 0 Å². The number of hydrogen-bond donors (Lipinski definition) is 2. The molecule has 0 bridgehead atoms. The van der Waals surface area contributed by atoms with Gasteiger partial charge in [-0.25, -0.2) is 0 Å². The molecule has 158 valence electrons. The Balaban J connectivity index is 1.65. The minimum Gasteiger partial charge on any atom is -0.389 e. The fourth-order valence-electron chi connectivity index (χ4n) is 7.63. The average Bonchev–Trinajstić information content (AvgIpc) is 2.97. The molecule has 0 aromatic heterocycles. The van der Waals surface area contributed by atoms with E-state index in [1.807, 2.05) is 0 Å². The number of rotatable bonds is 5. The molecule has 4 fully saturated rings. The third-order valence-electron chi connectivity index (χ3n) is 9.12. The van der Waals surface area contributed by atoms with E-state index in [4.69, 9.17) is 5.73 Å². The summed E-state index contributed by atoms with van der Waals surface area (Å²) in [5.74, 6) is 2.41. The van der Waals surface area contributed by atoms with Crippen LogP contribution < -0.4 is 5.73 Å². The first-order valence-corrected chi connectivity index (χ1v) is 12.7. The molecule has 4 rings (SSSR count). The van der Waals surface area contributed by atoms with Gasteiger partial charge in [0.15, 0.2) is 0 Å². The molecule has 5 heteroatoms. The highest BCUT2D eigenvalue weighted by molar-refractivity contribution is 7.85. The number of carbonyl (C=O) groups is 1.